The first-order valence-electron chi connectivity index (χ1n) is 7.71. The van der Waals surface area contributed by atoms with Gasteiger partial charge in [-0.2, -0.15) is 0 Å². The summed E-state index contributed by atoms with van der Waals surface area (Å²) in [6, 6.07) is 6.45. The number of ether oxygens (including phenoxy) is 2. The Morgan fingerprint density at radius 2 is 2.00 bits per heavy atom. The van der Waals surface area contributed by atoms with E-state index in [1.54, 1.807) is 14.2 Å². The van der Waals surface area contributed by atoms with E-state index >= 15 is 0 Å². The molecule has 0 aliphatic heterocycles. The molecule has 4 heteroatoms. The molecule has 0 amide bonds. The van der Waals surface area contributed by atoms with Crippen LogP contribution in [0.1, 0.15) is 31.2 Å². The van der Waals surface area contributed by atoms with E-state index in [1.165, 1.54) is 31.2 Å². The summed E-state index contributed by atoms with van der Waals surface area (Å²) in [5.74, 6) is 0.900. The molecule has 0 heterocycles. The van der Waals surface area contributed by atoms with Gasteiger partial charge in [0, 0.05) is 20.2 Å². The molecule has 0 bridgehead atoms. The van der Waals surface area contributed by atoms with E-state index in [4.69, 9.17) is 9.47 Å². The third-order valence-electron chi connectivity index (χ3n) is 4.44. The second-order valence-electron chi connectivity index (χ2n) is 6.02. The molecule has 0 atom stereocenters. The quantitative estimate of drug-likeness (QED) is 0.719. The first-order chi connectivity index (χ1) is 10.2. The summed E-state index contributed by atoms with van der Waals surface area (Å²) in [7, 11) is 3.46. The van der Waals surface area contributed by atoms with Gasteiger partial charge in [-0.3, -0.25) is 0 Å². The first kappa shape index (κ1) is 16.8. The van der Waals surface area contributed by atoms with E-state index in [0.29, 0.717) is 5.41 Å². The molecule has 21 heavy (non-hydrogen) atoms. The lowest BCUT2D eigenvalue weighted by Crippen LogP contribution is -2.35. The molecule has 118 valence electrons. The van der Waals surface area contributed by atoms with Crippen molar-refractivity contribution in [3.05, 3.63) is 28.2 Å². The molecule has 1 aliphatic carbocycles. The van der Waals surface area contributed by atoms with Crippen molar-refractivity contribution in [1.82, 2.24) is 5.32 Å². The molecule has 0 aromatic heterocycles. The number of hydrogen-bond donors (Lipinski definition) is 1. The van der Waals surface area contributed by atoms with Crippen molar-refractivity contribution in [2.24, 2.45) is 5.41 Å². The Morgan fingerprint density at radius 1 is 1.24 bits per heavy atom. The second kappa shape index (κ2) is 8.16. The van der Waals surface area contributed by atoms with Crippen LogP contribution in [0, 0.1) is 5.41 Å². The lowest BCUT2D eigenvalue weighted by molar-refractivity contribution is 0.190. The zero-order valence-electron chi connectivity index (χ0n) is 13.1. The van der Waals surface area contributed by atoms with Gasteiger partial charge in [0.15, 0.2) is 0 Å². The highest BCUT2D eigenvalue weighted by Gasteiger charge is 2.33. The van der Waals surface area contributed by atoms with Crippen LogP contribution < -0.4 is 10.1 Å². The topological polar surface area (TPSA) is 30.5 Å². The zero-order chi connectivity index (χ0) is 15.1. The maximum Gasteiger partial charge on any atom is 0.133 e. The molecule has 0 unspecified atom stereocenters. The Labute approximate surface area is 136 Å². The Balaban J connectivity index is 2.00. The molecule has 1 fully saturated rings. The fourth-order valence-electron chi connectivity index (χ4n) is 3.32. The van der Waals surface area contributed by atoms with Crippen molar-refractivity contribution in [3.8, 4) is 5.75 Å². The summed E-state index contributed by atoms with van der Waals surface area (Å²) in [6.45, 7) is 2.80. The predicted molar refractivity (Wildman–Crippen MR) is 90.0 cm³/mol. The molecular formula is C17H26BrNO2. The van der Waals surface area contributed by atoms with Gasteiger partial charge in [-0.05, 0) is 58.3 Å². The van der Waals surface area contributed by atoms with Gasteiger partial charge in [0.25, 0.3) is 0 Å². The van der Waals surface area contributed by atoms with Crippen LogP contribution >= 0.6 is 15.9 Å². The molecule has 0 radical (unpaired) electrons. The molecule has 0 spiro atoms. The molecule has 0 saturated heterocycles. The minimum atomic E-state index is 0.405. The highest BCUT2D eigenvalue weighted by molar-refractivity contribution is 9.10. The van der Waals surface area contributed by atoms with Crippen LogP contribution in [0.2, 0.25) is 0 Å². The molecule has 2 rings (SSSR count). The van der Waals surface area contributed by atoms with Gasteiger partial charge in [-0.1, -0.05) is 18.9 Å². The Hall–Kier alpha value is -0.580. The number of hydrogen-bond acceptors (Lipinski definition) is 3. The number of halogens is 1. The van der Waals surface area contributed by atoms with E-state index in [9.17, 15) is 0 Å². The smallest absolute Gasteiger partial charge is 0.133 e. The van der Waals surface area contributed by atoms with Crippen LogP contribution in [0.3, 0.4) is 0 Å². The fraction of sp³-hybridized carbons (Fsp3) is 0.647. The van der Waals surface area contributed by atoms with Crippen molar-refractivity contribution < 1.29 is 9.47 Å². The van der Waals surface area contributed by atoms with Crippen molar-refractivity contribution in [3.63, 3.8) is 0 Å². The third-order valence-corrected chi connectivity index (χ3v) is 5.06. The van der Waals surface area contributed by atoms with E-state index in [0.717, 1.165) is 36.3 Å². The van der Waals surface area contributed by atoms with Gasteiger partial charge in [0.05, 0.1) is 18.2 Å². The summed E-state index contributed by atoms with van der Waals surface area (Å²) in [6.07, 6.45) is 6.47. The van der Waals surface area contributed by atoms with Crippen molar-refractivity contribution in [1.29, 1.82) is 0 Å². The highest BCUT2D eigenvalue weighted by Crippen LogP contribution is 2.41. The summed E-state index contributed by atoms with van der Waals surface area (Å²) in [5, 5.41) is 3.57. The summed E-state index contributed by atoms with van der Waals surface area (Å²) < 4.78 is 11.5. The highest BCUT2D eigenvalue weighted by atomic mass is 79.9. The summed E-state index contributed by atoms with van der Waals surface area (Å²) >= 11 is 3.59. The lowest BCUT2D eigenvalue weighted by atomic mass is 9.80. The maximum atomic E-state index is 5.31. The minimum absolute atomic E-state index is 0.405. The van der Waals surface area contributed by atoms with Gasteiger partial charge in [0.1, 0.15) is 5.75 Å². The van der Waals surface area contributed by atoms with E-state index in [2.05, 4.69) is 39.4 Å². The maximum absolute atomic E-state index is 5.31. The van der Waals surface area contributed by atoms with Gasteiger partial charge >= 0.3 is 0 Å². The standard InChI is InChI=1S/C17H26BrNO2/c1-20-10-9-19-13-17(7-3-4-8-17)12-14-5-6-16(21-2)15(18)11-14/h5-6,11,19H,3-4,7-10,12-13H2,1-2H3. The summed E-state index contributed by atoms with van der Waals surface area (Å²) in [4.78, 5) is 0. The number of benzene rings is 1. The van der Waals surface area contributed by atoms with Crippen molar-refractivity contribution >= 4 is 15.9 Å². The van der Waals surface area contributed by atoms with E-state index in [1.807, 2.05) is 0 Å². The van der Waals surface area contributed by atoms with Crippen LogP contribution in [-0.2, 0) is 11.2 Å². The molecule has 1 N–H and O–H groups in total. The number of nitrogens with one attached hydrogen (secondary N) is 1. The van der Waals surface area contributed by atoms with E-state index in [-0.39, 0.29) is 0 Å². The largest absolute Gasteiger partial charge is 0.496 e. The molecule has 1 aliphatic rings. The van der Waals surface area contributed by atoms with Crippen LogP contribution in [0.15, 0.2) is 22.7 Å². The number of rotatable bonds is 8. The van der Waals surface area contributed by atoms with Gasteiger partial charge < -0.3 is 14.8 Å². The molecular weight excluding hydrogens is 330 g/mol. The number of methoxy groups -OCH3 is 2. The fourth-order valence-corrected chi connectivity index (χ4v) is 3.91. The molecule has 1 aromatic rings. The van der Waals surface area contributed by atoms with Gasteiger partial charge in [-0.15, -0.1) is 0 Å². The van der Waals surface area contributed by atoms with Crippen LogP contribution in [0.25, 0.3) is 0 Å². The Bertz CT molecular complexity index is 444. The van der Waals surface area contributed by atoms with Crippen LogP contribution in [0.4, 0.5) is 0 Å². The second-order valence-corrected chi connectivity index (χ2v) is 6.88. The van der Waals surface area contributed by atoms with Crippen molar-refractivity contribution in [2.45, 2.75) is 32.1 Å². The molecule has 1 aromatic carbocycles. The monoisotopic (exact) mass is 355 g/mol. The Morgan fingerprint density at radius 3 is 2.62 bits per heavy atom. The molecule has 1 saturated carbocycles. The Kier molecular flexibility index (Phi) is 6.52. The van der Waals surface area contributed by atoms with Crippen LogP contribution in [-0.4, -0.2) is 33.9 Å². The SMILES string of the molecule is COCCNCC1(Cc2ccc(OC)c(Br)c2)CCCC1. The minimum Gasteiger partial charge on any atom is -0.496 e. The third kappa shape index (κ3) is 4.70. The average Bonchev–Trinajstić information content (AvgIpc) is 2.93. The van der Waals surface area contributed by atoms with Crippen LogP contribution in [0.5, 0.6) is 5.75 Å². The first-order valence-corrected chi connectivity index (χ1v) is 8.50. The lowest BCUT2D eigenvalue weighted by Gasteiger charge is -2.30. The zero-order valence-corrected chi connectivity index (χ0v) is 14.7. The summed E-state index contributed by atoms with van der Waals surface area (Å²) in [5.41, 5.74) is 1.79. The van der Waals surface area contributed by atoms with Gasteiger partial charge in [-0.25, -0.2) is 0 Å². The van der Waals surface area contributed by atoms with Crippen molar-refractivity contribution in [2.75, 3.05) is 33.9 Å². The van der Waals surface area contributed by atoms with E-state index < -0.39 is 0 Å². The predicted octanol–water partition coefficient (Wildman–Crippen LogP) is 3.80. The van der Waals surface area contributed by atoms with Gasteiger partial charge in [0.2, 0.25) is 0 Å². The molecule has 3 nitrogen and oxygen atoms in total. The average molecular weight is 356 g/mol. The normalized spacial score (nSPS) is 17.1.